The van der Waals surface area contributed by atoms with Crippen molar-refractivity contribution < 1.29 is 23.8 Å². The van der Waals surface area contributed by atoms with Crippen LogP contribution in [-0.4, -0.2) is 60.9 Å². The molecule has 0 unspecified atom stereocenters. The SMILES string of the molecule is COc1cccc(/C(O)=C2\C(=O)C(=O)N(CCN(C)C)[C@@H]2c2ccc(C)o2)c1. The molecule has 1 amide bonds. The number of aliphatic hydroxyl groups excluding tert-OH is 1. The summed E-state index contributed by atoms with van der Waals surface area (Å²) in [5.74, 6) is 0.0258. The Labute approximate surface area is 163 Å². The first-order valence-electron chi connectivity index (χ1n) is 8.97. The standard InChI is InChI=1S/C21H24N2O5/c1-13-8-9-16(28-13)18-17(19(24)14-6-5-7-15(12-14)27-4)20(25)21(26)23(18)11-10-22(2)3/h5-9,12,18,24H,10-11H2,1-4H3/b19-17+/t18-/m1/s1. The Kier molecular flexibility index (Phi) is 5.56. The predicted octanol–water partition coefficient (Wildman–Crippen LogP) is 2.58. The summed E-state index contributed by atoms with van der Waals surface area (Å²) in [6.07, 6.45) is 0. The van der Waals surface area contributed by atoms with E-state index in [4.69, 9.17) is 9.15 Å². The Morgan fingerprint density at radius 3 is 2.61 bits per heavy atom. The molecule has 148 valence electrons. The van der Waals surface area contributed by atoms with E-state index < -0.39 is 17.7 Å². The third-order valence-corrected chi connectivity index (χ3v) is 4.70. The monoisotopic (exact) mass is 384 g/mol. The van der Waals surface area contributed by atoms with Crippen LogP contribution in [0, 0.1) is 6.92 Å². The van der Waals surface area contributed by atoms with E-state index in [2.05, 4.69) is 0 Å². The molecule has 7 heteroatoms. The smallest absolute Gasteiger partial charge is 0.295 e. The Bertz CT molecular complexity index is 928. The molecule has 1 aromatic heterocycles. The molecule has 1 fully saturated rings. The van der Waals surface area contributed by atoms with E-state index in [1.54, 1.807) is 43.3 Å². The van der Waals surface area contributed by atoms with Gasteiger partial charge >= 0.3 is 0 Å². The molecule has 2 heterocycles. The van der Waals surface area contributed by atoms with Crippen LogP contribution in [-0.2, 0) is 9.59 Å². The number of methoxy groups -OCH3 is 1. The maximum absolute atomic E-state index is 12.8. The number of benzene rings is 1. The zero-order valence-electron chi connectivity index (χ0n) is 16.4. The van der Waals surface area contributed by atoms with Crippen molar-refractivity contribution >= 4 is 17.4 Å². The average molecular weight is 384 g/mol. The highest BCUT2D eigenvalue weighted by atomic mass is 16.5. The minimum Gasteiger partial charge on any atom is -0.507 e. The maximum atomic E-state index is 12.8. The van der Waals surface area contributed by atoms with Crippen LogP contribution in [0.25, 0.3) is 5.76 Å². The van der Waals surface area contributed by atoms with Gasteiger partial charge in [-0.05, 0) is 45.3 Å². The lowest BCUT2D eigenvalue weighted by molar-refractivity contribution is -0.140. The van der Waals surface area contributed by atoms with Gasteiger partial charge in [0, 0.05) is 18.7 Å². The lowest BCUT2D eigenvalue weighted by Crippen LogP contribution is -2.35. The number of amides is 1. The molecule has 1 aromatic carbocycles. The van der Waals surface area contributed by atoms with Crippen molar-refractivity contribution in [2.45, 2.75) is 13.0 Å². The van der Waals surface area contributed by atoms with Gasteiger partial charge in [-0.15, -0.1) is 0 Å². The normalized spacial score (nSPS) is 18.9. The van der Waals surface area contributed by atoms with Crippen molar-refractivity contribution in [2.24, 2.45) is 0 Å². The number of carbonyl (C=O) groups is 2. The minimum absolute atomic E-state index is 0.0198. The van der Waals surface area contributed by atoms with Gasteiger partial charge in [0.05, 0.1) is 12.7 Å². The fraction of sp³-hybridized carbons (Fsp3) is 0.333. The number of likely N-dealkylation sites (N-methyl/N-ethyl adjacent to an activating group) is 1. The number of hydrogen-bond donors (Lipinski definition) is 1. The van der Waals surface area contributed by atoms with Crippen molar-refractivity contribution in [2.75, 3.05) is 34.3 Å². The quantitative estimate of drug-likeness (QED) is 0.468. The zero-order valence-corrected chi connectivity index (χ0v) is 16.4. The molecular weight excluding hydrogens is 360 g/mol. The van der Waals surface area contributed by atoms with Crippen molar-refractivity contribution in [1.29, 1.82) is 0 Å². The number of aryl methyl sites for hydroxylation is 1. The Hall–Kier alpha value is -3.06. The lowest BCUT2D eigenvalue weighted by atomic mass is 9.99. The first-order valence-corrected chi connectivity index (χ1v) is 8.97. The second-order valence-electron chi connectivity index (χ2n) is 6.98. The number of ether oxygens (including phenoxy) is 1. The molecule has 0 bridgehead atoms. The number of carbonyl (C=O) groups excluding carboxylic acids is 2. The predicted molar refractivity (Wildman–Crippen MR) is 104 cm³/mol. The van der Waals surface area contributed by atoms with Gasteiger partial charge in [-0.3, -0.25) is 9.59 Å². The molecule has 1 N–H and O–H groups in total. The second kappa shape index (κ2) is 7.90. The van der Waals surface area contributed by atoms with E-state index in [-0.39, 0.29) is 11.3 Å². The molecule has 7 nitrogen and oxygen atoms in total. The summed E-state index contributed by atoms with van der Waals surface area (Å²) >= 11 is 0. The third-order valence-electron chi connectivity index (χ3n) is 4.70. The molecule has 1 aliphatic heterocycles. The molecule has 28 heavy (non-hydrogen) atoms. The highest BCUT2D eigenvalue weighted by Gasteiger charge is 2.47. The van der Waals surface area contributed by atoms with Gasteiger partial charge in [0.1, 0.15) is 29.1 Å². The minimum atomic E-state index is -0.778. The fourth-order valence-corrected chi connectivity index (χ4v) is 3.24. The summed E-state index contributed by atoms with van der Waals surface area (Å²) < 4.78 is 10.9. The molecule has 0 spiro atoms. The summed E-state index contributed by atoms with van der Waals surface area (Å²) in [6, 6.07) is 9.45. The summed E-state index contributed by atoms with van der Waals surface area (Å²) in [4.78, 5) is 28.9. The number of furan rings is 1. The summed E-state index contributed by atoms with van der Waals surface area (Å²) in [7, 11) is 5.29. The van der Waals surface area contributed by atoms with Crippen LogP contribution in [0.5, 0.6) is 5.75 Å². The topological polar surface area (TPSA) is 83.2 Å². The number of Topliss-reactive ketones (excluding diaryl/α,β-unsaturated/α-hetero) is 1. The molecule has 1 atom stereocenters. The fourth-order valence-electron chi connectivity index (χ4n) is 3.24. The number of ketones is 1. The third kappa shape index (κ3) is 3.66. The first-order chi connectivity index (χ1) is 13.3. The highest BCUT2D eigenvalue weighted by Crippen LogP contribution is 2.40. The van der Waals surface area contributed by atoms with Crippen LogP contribution in [0.1, 0.15) is 23.1 Å². The Morgan fingerprint density at radius 1 is 1.25 bits per heavy atom. The van der Waals surface area contributed by atoms with Gasteiger partial charge in [-0.25, -0.2) is 0 Å². The van der Waals surface area contributed by atoms with E-state index in [1.165, 1.54) is 12.0 Å². The zero-order chi connectivity index (χ0) is 20.4. The van der Waals surface area contributed by atoms with Gasteiger partial charge < -0.3 is 24.1 Å². The van der Waals surface area contributed by atoms with Crippen molar-refractivity contribution in [3.63, 3.8) is 0 Å². The maximum Gasteiger partial charge on any atom is 0.295 e. The molecule has 1 aliphatic rings. The van der Waals surface area contributed by atoms with E-state index in [0.717, 1.165) is 0 Å². The number of likely N-dealkylation sites (tertiary alicyclic amines) is 1. The number of rotatable bonds is 6. The Balaban J connectivity index is 2.13. The molecule has 1 saturated heterocycles. The molecule has 0 saturated carbocycles. The van der Waals surface area contributed by atoms with Crippen molar-refractivity contribution in [3.05, 3.63) is 59.1 Å². The second-order valence-corrected chi connectivity index (χ2v) is 6.98. The van der Waals surface area contributed by atoms with E-state index >= 15 is 0 Å². The highest BCUT2D eigenvalue weighted by molar-refractivity contribution is 6.46. The van der Waals surface area contributed by atoms with Gasteiger partial charge in [0.2, 0.25) is 0 Å². The van der Waals surface area contributed by atoms with Crippen molar-refractivity contribution in [1.82, 2.24) is 9.80 Å². The van der Waals surface area contributed by atoms with Crippen LogP contribution in [0.2, 0.25) is 0 Å². The van der Waals surface area contributed by atoms with Crippen LogP contribution >= 0.6 is 0 Å². The van der Waals surface area contributed by atoms with Gasteiger partial charge in [-0.2, -0.15) is 0 Å². The van der Waals surface area contributed by atoms with Crippen LogP contribution in [0.15, 0.2) is 46.4 Å². The first kappa shape index (κ1) is 19.7. The van der Waals surface area contributed by atoms with Gasteiger partial charge in [0.15, 0.2) is 0 Å². The van der Waals surface area contributed by atoms with Crippen LogP contribution in [0.3, 0.4) is 0 Å². The Morgan fingerprint density at radius 2 is 2.00 bits per heavy atom. The van der Waals surface area contributed by atoms with Crippen LogP contribution < -0.4 is 4.74 Å². The summed E-state index contributed by atoms with van der Waals surface area (Å²) in [5, 5.41) is 10.9. The van der Waals surface area contributed by atoms with Gasteiger partial charge in [-0.1, -0.05) is 12.1 Å². The van der Waals surface area contributed by atoms with Crippen molar-refractivity contribution in [3.8, 4) is 5.75 Å². The largest absolute Gasteiger partial charge is 0.507 e. The van der Waals surface area contributed by atoms with Crippen LogP contribution in [0.4, 0.5) is 0 Å². The molecule has 0 aliphatic carbocycles. The number of nitrogens with zero attached hydrogens (tertiary/aromatic N) is 2. The van der Waals surface area contributed by atoms with Gasteiger partial charge in [0.25, 0.3) is 11.7 Å². The molecular formula is C21H24N2O5. The molecule has 3 rings (SSSR count). The molecule has 0 radical (unpaired) electrons. The summed E-state index contributed by atoms with van der Waals surface area (Å²) in [5.41, 5.74) is 0.421. The molecule has 2 aromatic rings. The van der Waals surface area contributed by atoms with E-state index in [1.807, 2.05) is 19.0 Å². The number of hydrogen-bond acceptors (Lipinski definition) is 6. The number of aliphatic hydroxyl groups is 1. The average Bonchev–Trinajstić information content (AvgIpc) is 3.21. The van der Waals surface area contributed by atoms with E-state index in [9.17, 15) is 14.7 Å². The lowest BCUT2D eigenvalue weighted by Gasteiger charge is -2.24. The van der Waals surface area contributed by atoms with E-state index in [0.29, 0.717) is 35.9 Å². The summed E-state index contributed by atoms with van der Waals surface area (Å²) in [6.45, 7) is 2.69.